The Morgan fingerprint density at radius 2 is 2.56 bits per heavy atom. The lowest BCUT2D eigenvalue weighted by Gasteiger charge is -1.91. The van der Waals surface area contributed by atoms with Crippen molar-refractivity contribution in [2.75, 3.05) is 6.54 Å². The number of nitrogens with zero attached hydrogens (tertiary/aromatic N) is 3. The number of aromatic nitrogens is 3. The molecule has 2 N–H and O–H groups in total. The minimum Gasteiger partial charge on any atom is -0.329 e. The Hall–Kier alpha value is -0.900. The summed E-state index contributed by atoms with van der Waals surface area (Å²) in [5.74, 6) is 0. The predicted octanol–water partition coefficient (Wildman–Crippen LogP) is -0.455. The van der Waals surface area contributed by atoms with Gasteiger partial charge in [0.2, 0.25) is 0 Å². The van der Waals surface area contributed by atoms with Crippen LogP contribution in [0.5, 0.6) is 0 Å². The van der Waals surface area contributed by atoms with E-state index < -0.39 is 0 Å². The van der Waals surface area contributed by atoms with Gasteiger partial charge in [0.15, 0.2) is 0 Å². The zero-order chi connectivity index (χ0) is 6.69. The third-order valence-corrected chi connectivity index (χ3v) is 1.01. The zero-order valence-corrected chi connectivity index (χ0v) is 5.41. The molecule has 0 aliphatic carbocycles. The van der Waals surface area contributed by atoms with Gasteiger partial charge < -0.3 is 5.73 Å². The molecule has 1 rings (SSSR count). The van der Waals surface area contributed by atoms with Crippen LogP contribution < -0.4 is 5.73 Å². The highest BCUT2D eigenvalue weighted by molar-refractivity contribution is 4.86. The van der Waals surface area contributed by atoms with Crippen molar-refractivity contribution in [3.8, 4) is 0 Å². The molecule has 1 aromatic rings. The standard InChI is InChI=1S/C5H10N4/c1-5-4-9(3-2-6)8-7-5/h4H,2-3,6H2,1H3. The summed E-state index contributed by atoms with van der Waals surface area (Å²) < 4.78 is 1.73. The highest BCUT2D eigenvalue weighted by Crippen LogP contribution is 1.86. The van der Waals surface area contributed by atoms with E-state index in [9.17, 15) is 0 Å². The van der Waals surface area contributed by atoms with E-state index in [2.05, 4.69) is 10.3 Å². The lowest BCUT2D eigenvalue weighted by molar-refractivity contribution is 0.598. The molecular formula is C5H10N4. The van der Waals surface area contributed by atoms with Gasteiger partial charge in [0, 0.05) is 12.7 Å². The van der Waals surface area contributed by atoms with Crippen LogP contribution >= 0.6 is 0 Å². The fourth-order valence-corrected chi connectivity index (χ4v) is 0.637. The molecule has 50 valence electrons. The average Bonchev–Trinajstić information content (AvgIpc) is 2.17. The Morgan fingerprint density at radius 1 is 1.78 bits per heavy atom. The Morgan fingerprint density at radius 3 is 3.00 bits per heavy atom. The van der Waals surface area contributed by atoms with E-state index in [1.54, 1.807) is 4.68 Å². The summed E-state index contributed by atoms with van der Waals surface area (Å²) >= 11 is 0. The minimum absolute atomic E-state index is 0.614. The first kappa shape index (κ1) is 6.22. The molecule has 9 heavy (non-hydrogen) atoms. The first-order valence-corrected chi connectivity index (χ1v) is 2.89. The van der Waals surface area contributed by atoms with Gasteiger partial charge in [-0.25, -0.2) is 0 Å². The molecule has 0 bridgehead atoms. The SMILES string of the molecule is Cc1cn(CCN)nn1. The molecular weight excluding hydrogens is 116 g/mol. The molecule has 4 nitrogen and oxygen atoms in total. The second-order valence-corrected chi connectivity index (χ2v) is 1.91. The van der Waals surface area contributed by atoms with Crippen molar-refractivity contribution in [2.24, 2.45) is 5.73 Å². The third kappa shape index (κ3) is 1.50. The summed E-state index contributed by atoms with van der Waals surface area (Å²) in [7, 11) is 0. The Labute approximate surface area is 53.7 Å². The van der Waals surface area contributed by atoms with Gasteiger partial charge in [0.25, 0.3) is 0 Å². The van der Waals surface area contributed by atoms with Crippen molar-refractivity contribution in [3.05, 3.63) is 11.9 Å². The molecule has 0 saturated heterocycles. The number of hydrogen-bond donors (Lipinski definition) is 1. The largest absolute Gasteiger partial charge is 0.329 e. The second-order valence-electron chi connectivity index (χ2n) is 1.91. The van der Waals surface area contributed by atoms with Crippen LogP contribution in [0.2, 0.25) is 0 Å². The van der Waals surface area contributed by atoms with Crippen LogP contribution in [0, 0.1) is 6.92 Å². The monoisotopic (exact) mass is 126 g/mol. The maximum atomic E-state index is 5.28. The molecule has 0 fully saturated rings. The summed E-state index contributed by atoms with van der Waals surface area (Å²) in [5, 5.41) is 7.58. The average molecular weight is 126 g/mol. The Bertz CT molecular complexity index is 181. The maximum Gasteiger partial charge on any atom is 0.0796 e. The molecule has 0 aromatic carbocycles. The van der Waals surface area contributed by atoms with Crippen molar-refractivity contribution in [1.82, 2.24) is 15.0 Å². The van der Waals surface area contributed by atoms with Crippen molar-refractivity contribution in [2.45, 2.75) is 13.5 Å². The number of aryl methyl sites for hydroxylation is 1. The minimum atomic E-state index is 0.614. The molecule has 0 saturated carbocycles. The third-order valence-electron chi connectivity index (χ3n) is 1.01. The van der Waals surface area contributed by atoms with Crippen LogP contribution in [0.15, 0.2) is 6.20 Å². The normalized spacial score (nSPS) is 10.0. The van der Waals surface area contributed by atoms with Gasteiger partial charge in [-0.1, -0.05) is 5.21 Å². The van der Waals surface area contributed by atoms with Crippen LogP contribution in [-0.2, 0) is 6.54 Å². The van der Waals surface area contributed by atoms with Crippen LogP contribution in [0.4, 0.5) is 0 Å². The van der Waals surface area contributed by atoms with Crippen molar-refractivity contribution in [1.29, 1.82) is 0 Å². The van der Waals surface area contributed by atoms with Gasteiger partial charge in [0.1, 0.15) is 0 Å². The fourth-order valence-electron chi connectivity index (χ4n) is 0.637. The number of rotatable bonds is 2. The van der Waals surface area contributed by atoms with Crippen LogP contribution in [-0.4, -0.2) is 21.5 Å². The predicted molar refractivity (Wildman–Crippen MR) is 33.8 cm³/mol. The fraction of sp³-hybridized carbons (Fsp3) is 0.600. The van der Waals surface area contributed by atoms with Crippen LogP contribution in [0.1, 0.15) is 5.69 Å². The second kappa shape index (κ2) is 2.59. The van der Waals surface area contributed by atoms with Crippen molar-refractivity contribution in [3.63, 3.8) is 0 Å². The topological polar surface area (TPSA) is 56.7 Å². The maximum absolute atomic E-state index is 5.28. The van der Waals surface area contributed by atoms with Gasteiger partial charge in [-0.15, -0.1) is 5.10 Å². The molecule has 4 heteroatoms. The first-order chi connectivity index (χ1) is 4.33. The molecule has 0 atom stereocenters. The van der Waals surface area contributed by atoms with E-state index in [4.69, 9.17) is 5.73 Å². The van der Waals surface area contributed by atoms with Gasteiger partial charge in [-0.2, -0.15) is 0 Å². The van der Waals surface area contributed by atoms with E-state index in [1.807, 2.05) is 13.1 Å². The van der Waals surface area contributed by atoms with Gasteiger partial charge in [-0.3, -0.25) is 4.68 Å². The zero-order valence-electron chi connectivity index (χ0n) is 5.41. The van der Waals surface area contributed by atoms with Crippen LogP contribution in [0.25, 0.3) is 0 Å². The van der Waals surface area contributed by atoms with E-state index in [0.717, 1.165) is 12.2 Å². The molecule has 1 heterocycles. The molecule has 0 aliphatic heterocycles. The lowest BCUT2D eigenvalue weighted by atomic mass is 10.5. The summed E-state index contributed by atoms with van der Waals surface area (Å²) in [4.78, 5) is 0. The highest BCUT2D eigenvalue weighted by atomic mass is 15.4. The number of nitrogens with two attached hydrogens (primary N) is 1. The lowest BCUT2D eigenvalue weighted by Crippen LogP contribution is -2.10. The van der Waals surface area contributed by atoms with E-state index in [0.29, 0.717) is 6.54 Å². The van der Waals surface area contributed by atoms with Gasteiger partial charge in [-0.05, 0) is 6.92 Å². The molecule has 0 unspecified atom stereocenters. The first-order valence-electron chi connectivity index (χ1n) is 2.89. The van der Waals surface area contributed by atoms with E-state index in [1.165, 1.54) is 0 Å². The van der Waals surface area contributed by atoms with Crippen LogP contribution in [0.3, 0.4) is 0 Å². The molecule has 0 radical (unpaired) electrons. The number of hydrogen-bond acceptors (Lipinski definition) is 3. The van der Waals surface area contributed by atoms with Gasteiger partial charge >= 0.3 is 0 Å². The molecule has 0 aliphatic rings. The summed E-state index contributed by atoms with van der Waals surface area (Å²) in [5.41, 5.74) is 6.21. The molecule has 0 amide bonds. The summed E-state index contributed by atoms with van der Waals surface area (Å²) in [6.45, 7) is 3.27. The quantitative estimate of drug-likeness (QED) is 0.583. The smallest absolute Gasteiger partial charge is 0.0796 e. The van der Waals surface area contributed by atoms with E-state index >= 15 is 0 Å². The van der Waals surface area contributed by atoms with Gasteiger partial charge in [0.05, 0.1) is 12.2 Å². The Balaban J connectivity index is 2.61. The summed E-state index contributed by atoms with van der Waals surface area (Å²) in [6.07, 6.45) is 1.87. The molecule has 0 spiro atoms. The molecule has 1 aromatic heterocycles. The van der Waals surface area contributed by atoms with Crippen molar-refractivity contribution >= 4 is 0 Å². The Kier molecular flexibility index (Phi) is 1.79. The van der Waals surface area contributed by atoms with Crippen molar-refractivity contribution < 1.29 is 0 Å². The van der Waals surface area contributed by atoms with E-state index in [-0.39, 0.29) is 0 Å². The summed E-state index contributed by atoms with van der Waals surface area (Å²) in [6, 6.07) is 0. The highest BCUT2D eigenvalue weighted by Gasteiger charge is 1.90.